The van der Waals surface area contributed by atoms with Crippen molar-refractivity contribution in [3.8, 4) is 6.07 Å². The number of carbonyl (C=O) groups is 1. The first-order valence-electron chi connectivity index (χ1n) is 6.65. The number of hydrogen-bond donors (Lipinski definition) is 1. The molecule has 0 radical (unpaired) electrons. The van der Waals surface area contributed by atoms with Gasteiger partial charge >= 0.3 is 6.09 Å². The van der Waals surface area contributed by atoms with Gasteiger partial charge in [-0.25, -0.2) is 14.8 Å². The van der Waals surface area contributed by atoms with Gasteiger partial charge in [0.2, 0.25) is 0 Å². The summed E-state index contributed by atoms with van der Waals surface area (Å²) in [6.07, 6.45) is 2.50. The minimum atomic E-state index is -0.516. The van der Waals surface area contributed by atoms with Gasteiger partial charge in [0.25, 0.3) is 0 Å². The Balaban J connectivity index is 2.52. The fraction of sp³-hybridized carbons (Fsp3) is 0.571. The second-order valence-corrected chi connectivity index (χ2v) is 5.71. The number of rotatable bonds is 4. The molecule has 7 nitrogen and oxygen atoms in total. The van der Waals surface area contributed by atoms with Crippen molar-refractivity contribution in [1.82, 2.24) is 15.3 Å². The summed E-state index contributed by atoms with van der Waals surface area (Å²) in [5, 5.41) is 11.4. The number of aromatic nitrogens is 2. The Morgan fingerprint density at radius 1 is 1.48 bits per heavy atom. The number of nitriles is 1. The molecule has 0 spiro atoms. The summed E-state index contributed by atoms with van der Waals surface area (Å²) in [6.45, 7) is 7.79. The summed E-state index contributed by atoms with van der Waals surface area (Å²) in [5.74, 6) is 0.632. The first-order chi connectivity index (χ1) is 9.73. The molecular formula is C14H21N5O2. The molecule has 1 aromatic rings. The average Bonchev–Trinajstić information content (AvgIpc) is 2.42. The van der Waals surface area contributed by atoms with E-state index >= 15 is 0 Å². The van der Waals surface area contributed by atoms with Crippen LogP contribution in [0.4, 0.5) is 10.6 Å². The minimum Gasteiger partial charge on any atom is -0.444 e. The van der Waals surface area contributed by atoms with Crippen LogP contribution < -0.4 is 10.2 Å². The van der Waals surface area contributed by atoms with Crippen molar-refractivity contribution in [1.29, 1.82) is 5.26 Å². The van der Waals surface area contributed by atoms with Crippen molar-refractivity contribution in [3.63, 3.8) is 0 Å². The van der Waals surface area contributed by atoms with Crippen LogP contribution in [-0.2, 0) is 4.74 Å². The van der Waals surface area contributed by atoms with E-state index in [1.54, 1.807) is 0 Å². The van der Waals surface area contributed by atoms with E-state index < -0.39 is 11.7 Å². The van der Waals surface area contributed by atoms with Gasteiger partial charge in [-0.3, -0.25) is 0 Å². The van der Waals surface area contributed by atoms with Crippen LogP contribution in [0.3, 0.4) is 0 Å². The van der Waals surface area contributed by atoms with Crippen LogP contribution in [0.15, 0.2) is 12.4 Å². The molecule has 0 aliphatic rings. The van der Waals surface area contributed by atoms with Gasteiger partial charge in [0.05, 0.1) is 12.4 Å². The number of likely N-dealkylation sites (N-methyl/N-ethyl adjacent to an activating group) is 1. The average molecular weight is 291 g/mol. The van der Waals surface area contributed by atoms with E-state index in [0.29, 0.717) is 12.4 Å². The lowest BCUT2D eigenvalue weighted by molar-refractivity contribution is 0.0525. The molecule has 1 amide bonds. The molecule has 1 aromatic heterocycles. The van der Waals surface area contributed by atoms with Crippen molar-refractivity contribution in [2.24, 2.45) is 0 Å². The van der Waals surface area contributed by atoms with Gasteiger partial charge < -0.3 is 15.0 Å². The number of nitrogens with one attached hydrogen (secondary N) is 1. The second kappa shape index (κ2) is 6.88. The van der Waals surface area contributed by atoms with Crippen molar-refractivity contribution < 1.29 is 9.53 Å². The van der Waals surface area contributed by atoms with Gasteiger partial charge in [0, 0.05) is 19.6 Å². The molecule has 0 saturated carbocycles. The Morgan fingerprint density at radius 3 is 2.62 bits per heavy atom. The van der Waals surface area contributed by atoms with Gasteiger partial charge in [-0.1, -0.05) is 0 Å². The van der Waals surface area contributed by atoms with Crippen LogP contribution in [0.1, 0.15) is 33.4 Å². The molecule has 0 aliphatic heterocycles. The molecule has 1 unspecified atom stereocenters. The number of alkyl carbamates (subject to hydrolysis) is 1. The number of carbonyl (C=O) groups excluding carboxylic acids is 1. The number of hydrogen-bond acceptors (Lipinski definition) is 6. The zero-order chi connectivity index (χ0) is 16.0. The van der Waals surface area contributed by atoms with Crippen LogP contribution in [0.25, 0.3) is 0 Å². The zero-order valence-corrected chi connectivity index (χ0v) is 13.0. The fourth-order valence-electron chi connectivity index (χ4n) is 1.47. The SMILES string of the molecule is CC(CNC(=O)OC(C)(C)C)N(C)c1cnc(C#N)cn1. The smallest absolute Gasteiger partial charge is 0.407 e. The summed E-state index contributed by atoms with van der Waals surface area (Å²) in [6, 6.07) is 1.92. The molecule has 0 aliphatic carbocycles. The predicted octanol–water partition coefficient (Wildman–Crippen LogP) is 1.70. The predicted molar refractivity (Wildman–Crippen MR) is 78.8 cm³/mol. The Morgan fingerprint density at radius 2 is 2.14 bits per heavy atom. The highest BCUT2D eigenvalue weighted by Gasteiger charge is 2.18. The molecule has 1 heterocycles. The molecule has 21 heavy (non-hydrogen) atoms. The van der Waals surface area contributed by atoms with Gasteiger partial charge in [0.1, 0.15) is 17.5 Å². The highest BCUT2D eigenvalue weighted by Crippen LogP contribution is 2.10. The van der Waals surface area contributed by atoms with E-state index in [4.69, 9.17) is 10.00 Å². The Bertz CT molecular complexity index is 516. The van der Waals surface area contributed by atoms with Crippen molar-refractivity contribution in [3.05, 3.63) is 18.1 Å². The Hall–Kier alpha value is -2.36. The molecule has 0 fully saturated rings. The maximum atomic E-state index is 11.6. The van der Waals surface area contributed by atoms with Crippen molar-refractivity contribution >= 4 is 11.9 Å². The van der Waals surface area contributed by atoms with Crippen LogP contribution in [0.5, 0.6) is 0 Å². The molecule has 114 valence electrons. The van der Waals surface area contributed by atoms with Crippen LogP contribution in [-0.4, -0.2) is 41.3 Å². The monoisotopic (exact) mass is 291 g/mol. The van der Waals surface area contributed by atoms with Crippen LogP contribution >= 0.6 is 0 Å². The molecule has 1 N–H and O–H groups in total. The number of nitrogens with zero attached hydrogens (tertiary/aromatic N) is 4. The first-order valence-corrected chi connectivity index (χ1v) is 6.65. The molecule has 1 rings (SSSR count). The van der Waals surface area contributed by atoms with E-state index in [9.17, 15) is 4.79 Å². The fourth-order valence-corrected chi connectivity index (χ4v) is 1.47. The topological polar surface area (TPSA) is 91.1 Å². The van der Waals surface area contributed by atoms with Gasteiger partial charge in [-0.15, -0.1) is 0 Å². The standard InChI is InChI=1S/C14H21N5O2/c1-10(7-18-13(20)21-14(2,3)4)19(5)12-9-16-11(6-15)8-17-12/h8-10H,7H2,1-5H3,(H,18,20). The molecule has 0 bridgehead atoms. The van der Waals surface area contributed by atoms with Gasteiger partial charge in [-0.2, -0.15) is 5.26 Å². The number of anilines is 1. The lowest BCUT2D eigenvalue weighted by Gasteiger charge is -2.26. The third kappa shape index (κ3) is 5.65. The third-order valence-electron chi connectivity index (χ3n) is 2.72. The minimum absolute atomic E-state index is 0.000228. The quantitative estimate of drug-likeness (QED) is 0.907. The van der Waals surface area contributed by atoms with E-state index in [1.165, 1.54) is 12.4 Å². The van der Waals surface area contributed by atoms with E-state index in [0.717, 1.165) is 0 Å². The van der Waals surface area contributed by atoms with E-state index in [1.807, 2.05) is 45.7 Å². The highest BCUT2D eigenvalue weighted by atomic mass is 16.6. The highest BCUT2D eigenvalue weighted by molar-refractivity contribution is 5.67. The van der Waals surface area contributed by atoms with Crippen molar-refractivity contribution in [2.75, 3.05) is 18.5 Å². The van der Waals surface area contributed by atoms with Gasteiger partial charge in [-0.05, 0) is 27.7 Å². The first kappa shape index (κ1) is 16.7. The zero-order valence-electron chi connectivity index (χ0n) is 13.0. The van der Waals surface area contributed by atoms with Crippen LogP contribution in [0.2, 0.25) is 0 Å². The summed E-state index contributed by atoms with van der Waals surface area (Å²) < 4.78 is 5.17. The van der Waals surface area contributed by atoms with Crippen molar-refractivity contribution in [2.45, 2.75) is 39.3 Å². The summed E-state index contributed by atoms with van der Waals surface area (Å²) in [5.41, 5.74) is -0.246. The maximum Gasteiger partial charge on any atom is 0.407 e. The summed E-state index contributed by atoms with van der Waals surface area (Å²) in [7, 11) is 1.84. The largest absolute Gasteiger partial charge is 0.444 e. The summed E-state index contributed by atoms with van der Waals surface area (Å²) in [4.78, 5) is 21.6. The molecule has 0 saturated heterocycles. The molecular weight excluding hydrogens is 270 g/mol. The lowest BCUT2D eigenvalue weighted by Crippen LogP contribution is -2.42. The van der Waals surface area contributed by atoms with E-state index in [2.05, 4.69) is 15.3 Å². The number of amides is 1. The Kier molecular flexibility index (Phi) is 5.47. The third-order valence-corrected chi connectivity index (χ3v) is 2.72. The van der Waals surface area contributed by atoms with E-state index in [-0.39, 0.29) is 11.7 Å². The maximum absolute atomic E-state index is 11.6. The van der Waals surface area contributed by atoms with Gasteiger partial charge in [0.15, 0.2) is 5.69 Å². The van der Waals surface area contributed by atoms with Crippen LogP contribution in [0, 0.1) is 11.3 Å². The lowest BCUT2D eigenvalue weighted by atomic mass is 10.2. The molecule has 1 atom stereocenters. The summed E-state index contributed by atoms with van der Waals surface area (Å²) >= 11 is 0. The Labute approximate surface area is 124 Å². The second-order valence-electron chi connectivity index (χ2n) is 5.71. The normalized spacial score (nSPS) is 12.2. The molecule has 0 aromatic carbocycles. The molecule has 7 heteroatoms. The number of ether oxygens (including phenoxy) is 1.